The Hall–Kier alpha value is -1.61. The van der Waals surface area contributed by atoms with Gasteiger partial charge in [0.1, 0.15) is 5.82 Å². The Bertz CT molecular complexity index is 581. The first-order valence-electron chi connectivity index (χ1n) is 7.56. The maximum absolute atomic E-state index is 4.77. The van der Waals surface area contributed by atoms with Gasteiger partial charge in [0.15, 0.2) is 0 Å². The number of rotatable bonds is 7. The molecule has 0 fully saturated rings. The minimum atomic E-state index is 0.939. The van der Waals surface area contributed by atoms with E-state index < -0.39 is 0 Å². The number of hydrogen-bond acceptors (Lipinski definition) is 2. The van der Waals surface area contributed by atoms with Gasteiger partial charge < -0.3 is 9.88 Å². The van der Waals surface area contributed by atoms with Crippen LogP contribution in [0.1, 0.15) is 33.0 Å². The standard InChI is InChI=1S/C17H25N3/c1-4-18-12-8-9-14(3)13-17-19-15-10-6-7-11-16(15)20(17)5-2/h6-7,9-11,18H,4-5,8,12-13H2,1-3H3. The first-order valence-corrected chi connectivity index (χ1v) is 7.56. The van der Waals surface area contributed by atoms with Gasteiger partial charge in [-0.15, -0.1) is 0 Å². The molecule has 0 bridgehead atoms. The summed E-state index contributed by atoms with van der Waals surface area (Å²) < 4.78 is 2.32. The van der Waals surface area contributed by atoms with E-state index in [1.807, 2.05) is 0 Å². The molecule has 1 N–H and O–H groups in total. The van der Waals surface area contributed by atoms with E-state index in [0.717, 1.165) is 38.0 Å². The van der Waals surface area contributed by atoms with Crippen LogP contribution in [0.3, 0.4) is 0 Å². The van der Waals surface area contributed by atoms with Crippen LogP contribution in [0.15, 0.2) is 35.9 Å². The lowest BCUT2D eigenvalue weighted by Gasteiger charge is -2.06. The van der Waals surface area contributed by atoms with Gasteiger partial charge in [-0.25, -0.2) is 4.98 Å². The summed E-state index contributed by atoms with van der Waals surface area (Å²) in [7, 11) is 0. The molecule has 1 aromatic heterocycles. The zero-order valence-electron chi connectivity index (χ0n) is 12.8. The van der Waals surface area contributed by atoms with Crippen molar-refractivity contribution in [2.75, 3.05) is 13.1 Å². The van der Waals surface area contributed by atoms with Gasteiger partial charge in [0.2, 0.25) is 0 Å². The quantitative estimate of drug-likeness (QED) is 0.616. The number of imidazole rings is 1. The van der Waals surface area contributed by atoms with Crippen LogP contribution in [0, 0.1) is 0 Å². The number of fused-ring (bicyclic) bond motifs is 1. The molecule has 3 nitrogen and oxygen atoms in total. The average molecular weight is 271 g/mol. The average Bonchev–Trinajstić information content (AvgIpc) is 2.80. The lowest BCUT2D eigenvalue weighted by atomic mass is 10.1. The third-order valence-corrected chi connectivity index (χ3v) is 3.55. The Morgan fingerprint density at radius 1 is 1.30 bits per heavy atom. The fourth-order valence-corrected chi connectivity index (χ4v) is 2.53. The van der Waals surface area contributed by atoms with Crippen molar-refractivity contribution in [2.45, 2.75) is 40.2 Å². The number of nitrogens with zero attached hydrogens (tertiary/aromatic N) is 2. The molecule has 0 aliphatic heterocycles. The van der Waals surface area contributed by atoms with E-state index >= 15 is 0 Å². The minimum Gasteiger partial charge on any atom is -0.328 e. The van der Waals surface area contributed by atoms with Crippen LogP contribution in [0.25, 0.3) is 11.0 Å². The van der Waals surface area contributed by atoms with Crippen molar-refractivity contribution in [2.24, 2.45) is 0 Å². The Morgan fingerprint density at radius 2 is 2.10 bits per heavy atom. The molecule has 0 aliphatic rings. The third kappa shape index (κ3) is 3.48. The van der Waals surface area contributed by atoms with E-state index in [9.17, 15) is 0 Å². The Morgan fingerprint density at radius 3 is 2.85 bits per heavy atom. The maximum atomic E-state index is 4.77. The summed E-state index contributed by atoms with van der Waals surface area (Å²) in [5.74, 6) is 1.17. The van der Waals surface area contributed by atoms with Crippen molar-refractivity contribution in [1.82, 2.24) is 14.9 Å². The Balaban J connectivity index is 2.12. The second-order valence-corrected chi connectivity index (χ2v) is 5.13. The molecular formula is C17H25N3. The first-order chi connectivity index (χ1) is 9.76. The van der Waals surface area contributed by atoms with E-state index in [-0.39, 0.29) is 0 Å². The van der Waals surface area contributed by atoms with E-state index in [1.165, 1.54) is 16.9 Å². The van der Waals surface area contributed by atoms with Crippen molar-refractivity contribution < 1.29 is 0 Å². The number of aromatic nitrogens is 2. The normalized spacial score (nSPS) is 12.2. The lowest BCUT2D eigenvalue weighted by Crippen LogP contribution is -2.13. The highest BCUT2D eigenvalue weighted by Crippen LogP contribution is 2.18. The molecule has 0 saturated carbocycles. The molecule has 0 spiro atoms. The second-order valence-electron chi connectivity index (χ2n) is 5.13. The Labute approximate surface area is 121 Å². The van der Waals surface area contributed by atoms with Gasteiger partial charge in [-0.05, 0) is 45.5 Å². The lowest BCUT2D eigenvalue weighted by molar-refractivity contribution is 0.716. The molecule has 2 aromatic rings. The molecule has 0 aliphatic carbocycles. The summed E-state index contributed by atoms with van der Waals surface area (Å²) >= 11 is 0. The molecule has 1 heterocycles. The van der Waals surface area contributed by atoms with Crippen molar-refractivity contribution >= 4 is 11.0 Å². The molecule has 2 rings (SSSR count). The van der Waals surface area contributed by atoms with Crippen LogP contribution < -0.4 is 5.32 Å². The number of allylic oxidation sites excluding steroid dienone is 1. The second kappa shape index (κ2) is 7.25. The van der Waals surface area contributed by atoms with Crippen LogP contribution in [0.4, 0.5) is 0 Å². The summed E-state index contributed by atoms with van der Waals surface area (Å²) in [6, 6.07) is 8.38. The predicted octanol–water partition coefficient (Wildman–Crippen LogP) is 3.54. The van der Waals surface area contributed by atoms with E-state index in [0.29, 0.717) is 0 Å². The van der Waals surface area contributed by atoms with Crippen LogP contribution in [0.2, 0.25) is 0 Å². The SMILES string of the molecule is CCNCCC=C(C)Cc1nc2ccccc2n1CC. The number of benzene rings is 1. The zero-order valence-corrected chi connectivity index (χ0v) is 12.8. The molecule has 108 valence electrons. The van der Waals surface area contributed by atoms with Gasteiger partial charge in [0.05, 0.1) is 11.0 Å². The molecule has 1 aromatic carbocycles. The summed E-state index contributed by atoms with van der Waals surface area (Å²) in [6.07, 6.45) is 4.35. The maximum Gasteiger partial charge on any atom is 0.113 e. The fraction of sp³-hybridized carbons (Fsp3) is 0.471. The van der Waals surface area contributed by atoms with Crippen molar-refractivity contribution in [3.8, 4) is 0 Å². The highest BCUT2D eigenvalue weighted by atomic mass is 15.1. The molecule has 0 saturated heterocycles. The molecule has 20 heavy (non-hydrogen) atoms. The van der Waals surface area contributed by atoms with Gasteiger partial charge in [0, 0.05) is 13.0 Å². The highest BCUT2D eigenvalue weighted by Gasteiger charge is 2.08. The zero-order chi connectivity index (χ0) is 14.4. The fourth-order valence-electron chi connectivity index (χ4n) is 2.53. The monoisotopic (exact) mass is 271 g/mol. The summed E-state index contributed by atoms with van der Waals surface area (Å²) in [6.45, 7) is 9.59. The van der Waals surface area contributed by atoms with Crippen LogP contribution in [0.5, 0.6) is 0 Å². The molecule has 0 atom stereocenters. The minimum absolute atomic E-state index is 0.939. The molecule has 0 amide bonds. The predicted molar refractivity (Wildman–Crippen MR) is 86.0 cm³/mol. The number of hydrogen-bond donors (Lipinski definition) is 1. The van der Waals surface area contributed by atoms with Crippen molar-refractivity contribution in [3.63, 3.8) is 0 Å². The smallest absolute Gasteiger partial charge is 0.113 e. The molecule has 0 unspecified atom stereocenters. The van der Waals surface area contributed by atoms with Crippen molar-refractivity contribution in [3.05, 3.63) is 41.7 Å². The van der Waals surface area contributed by atoms with Gasteiger partial charge in [-0.1, -0.05) is 30.7 Å². The molecular weight excluding hydrogens is 246 g/mol. The van der Waals surface area contributed by atoms with E-state index in [1.54, 1.807) is 0 Å². The summed E-state index contributed by atoms with van der Waals surface area (Å²) in [5, 5.41) is 3.35. The highest BCUT2D eigenvalue weighted by molar-refractivity contribution is 5.75. The van der Waals surface area contributed by atoms with Crippen molar-refractivity contribution in [1.29, 1.82) is 0 Å². The Kier molecular flexibility index (Phi) is 5.36. The van der Waals surface area contributed by atoms with E-state index in [4.69, 9.17) is 4.98 Å². The summed E-state index contributed by atoms with van der Waals surface area (Å²) in [5.41, 5.74) is 3.74. The van der Waals surface area contributed by atoms with Crippen LogP contribution in [-0.2, 0) is 13.0 Å². The number of para-hydroxylation sites is 2. The van der Waals surface area contributed by atoms with Gasteiger partial charge in [-0.2, -0.15) is 0 Å². The van der Waals surface area contributed by atoms with E-state index in [2.05, 4.69) is 61.0 Å². The first kappa shape index (κ1) is 14.8. The largest absolute Gasteiger partial charge is 0.328 e. The van der Waals surface area contributed by atoms with Gasteiger partial charge in [-0.3, -0.25) is 0 Å². The van der Waals surface area contributed by atoms with Gasteiger partial charge >= 0.3 is 0 Å². The summed E-state index contributed by atoms with van der Waals surface area (Å²) in [4.78, 5) is 4.77. The number of aryl methyl sites for hydroxylation is 1. The molecule has 0 radical (unpaired) electrons. The third-order valence-electron chi connectivity index (χ3n) is 3.55. The number of nitrogens with one attached hydrogen (secondary N) is 1. The van der Waals surface area contributed by atoms with Crippen LogP contribution in [-0.4, -0.2) is 22.6 Å². The molecule has 3 heteroatoms. The van der Waals surface area contributed by atoms with Crippen LogP contribution >= 0.6 is 0 Å². The topological polar surface area (TPSA) is 29.9 Å². The van der Waals surface area contributed by atoms with Gasteiger partial charge in [0.25, 0.3) is 0 Å².